The summed E-state index contributed by atoms with van der Waals surface area (Å²) in [5.41, 5.74) is 5.80. The Balaban J connectivity index is 2.64. The van der Waals surface area contributed by atoms with Crippen LogP contribution >= 0.6 is 0 Å². The third-order valence-corrected chi connectivity index (χ3v) is 4.23. The first-order valence-corrected chi connectivity index (χ1v) is 7.69. The number of hydrogen-bond donors (Lipinski definition) is 2. The average Bonchev–Trinajstić information content (AvgIpc) is 2.42. The number of carboxylic acids is 1. The van der Waals surface area contributed by atoms with Gasteiger partial charge in [-0.25, -0.2) is 0 Å². The third-order valence-electron chi connectivity index (χ3n) is 4.23. The van der Waals surface area contributed by atoms with Crippen molar-refractivity contribution in [3.63, 3.8) is 0 Å². The lowest BCUT2D eigenvalue weighted by molar-refractivity contribution is -0.142. The van der Waals surface area contributed by atoms with Gasteiger partial charge in [0.05, 0.1) is 0 Å². The second-order valence-corrected chi connectivity index (χ2v) is 6.01. The zero-order valence-corrected chi connectivity index (χ0v) is 12.7. The van der Waals surface area contributed by atoms with Crippen LogP contribution in [0.15, 0.2) is 0 Å². The molecule has 116 valence electrons. The summed E-state index contributed by atoms with van der Waals surface area (Å²) < 4.78 is 0. The fourth-order valence-corrected chi connectivity index (χ4v) is 3.05. The molecule has 1 saturated carbocycles. The monoisotopic (exact) mass is 284 g/mol. The Kier molecular flexibility index (Phi) is 6.99. The number of carbonyl (C=O) groups excluding carboxylic acids is 1. The van der Waals surface area contributed by atoms with Crippen LogP contribution in [0.2, 0.25) is 0 Å². The largest absolute Gasteiger partial charge is 0.481 e. The van der Waals surface area contributed by atoms with E-state index in [0.29, 0.717) is 19.5 Å². The zero-order chi connectivity index (χ0) is 15.1. The first-order valence-electron chi connectivity index (χ1n) is 7.69. The molecular formula is C15H28N2O3. The number of amides is 1. The van der Waals surface area contributed by atoms with Crippen LogP contribution in [-0.4, -0.2) is 41.0 Å². The SMILES string of the molecule is CC(C)N(CCCC(=O)O)C(=O)C1CCCCC1CN. The molecule has 0 aromatic rings. The van der Waals surface area contributed by atoms with Crippen LogP contribution in [0.1, 0.15) is 52.4 Å². The van der Waals surface area contributed by atoms with E-state index in [0.717, 1.165) is 25.7 Å². The van der Waals surface area contributed by atoms with Crippen LogP contribution in [0.3, 0.4) is 0 Å². The number of aliphatic carboxylic acids is 1. The van der Waals surface area contributed by atoms with Gasteiger partial charge in [0.15, 0.2) is 0 Å². The smallest absolute Gasteiger partial charge is 0.303 e. The lowest BCUT2D eigenvalue weighted by Gasteiger charge is -2.36. The van der Waals surface area contributed by atoms with Gasteiger partial charge >= 0.3 is 5.97 Å². The van der Waals surface area contributed by atoms with Gasteiger partial charge in [0.2, 0.25) is 5.91 Å². The van der Waals surface area contributed by atoms with E-state index < -0.39 is 5.97 Å². The third kappa shape index (κ3) is 4.78. The standard InChI is InChI=1S/C15H28N2O3/c1-11(2)17(9-5-8-14(18)19)15(20)13-7-4-3-6-12(13)10-16/h11-13H,3-10,16H2,1-2H3,(H,18,19). The number of carbonyl (C=O) groups is 2. The van der Waals surface area contributed by atoms with Gasteiger partial charge in [-0.3, -0.25) is 9.59 Å². The van der Waals surface area contributed by atoms with E-state index in [1.54, 1.807) is 0 Å². The molecule has 2 unspecified atom stereocenters. The van der Waals surface area contributed by atoms with Gasteiger partial charge in [-0.1, -0.05) is 12.8 Å². The van der Waals surface area contributed by atoms with Crippen molar-refractivity contribution in [3.05, 3.63) is 0 Å². The fourth-order valence-electron chi connectivity index (χ4n) is 3.05. The minimum absolute atomic E-state index is 0.0287. The quantitative estimate of drug-likeness (QED) is 0.747. The normalized spacial score (nSPS) is 22.8. The molecule has 5 nitrogen and oxygen atoms in total. The summed E-state index contributed by atoms with van der Waals surface area (Å²) in [5, 5.41) is 8.71. The van der Waals surface area contributed by atoms with Crippen molar-refractivity contribution in [3.8, 4) is 0 Å². The van der Waals surface area contributed by atoms with Crippen molar-refractivity contribution in [2.45, 2.75) is 58.4 Å². The highest BCUT2D eigenvalue weighted by atomic mass is 16.4. The molecular weight excluding hydrogens is 256 g/mol. The van der Waals surface area contributed by atoms with E-state index in [9.17, 15) is 9.59 Å². The molecule has 0 radical (unpaired) electrons. The highest BCUT2D eigenvalue weighted by molar-refractivity contribution is 5.79. The van der Waals surface area contributed by atoms with Crippen molar-refractivity contribution in [2.75, 3.05) is 13.1 Å². The maximum absolute atomic E-state index is 12.7. The second kappa shape index (κ2) is 8.25. The van der Waals surface area contributed by atoms with Crippen molar-refractivity contribution >= 4 is 11.9 Å². The molecule has 0 saturated heterocycles. The minimum Gasteiger partial charge on any atom is -0.481 e. The van der Waals surface area contributed by atoms with Crippen molar-refractivity contribution in [1.82, 2.24) is 4.90 Å². The van der Waals surface area contributed by atoms with Gasteiger partial charge in [0, 0.05) is 24.9 Å². The lowest BCUT2D eigenvalue weighted by Crippen LogP contribution is -2.45. The zero-order valence-electron chi connectivity index (χ0n) is 12.7. The molecule has 20 heavy (non-hydrogen) atoms. The number of nitrogens with two attached hydrogens (primary N) is 1. The van der Waals surface area contributed by atoms with E-state index in [2.05, 4.69) is 0 Å². The molecule has 1 aliphatic carbocycles. The lowest BCUT2D eigenvalue weighted by atomic mass is 9.78. The van der Waals surface area contributed by atoms with Gasteiger partial charge in [-0.05, 0) is 45.6 Å². The van der Waals surface area contributed by atoms with E-state index in [4.69, 9.17) is 10.8 Å². The summed E-state index contributed by atoms with van der Waals surface area (Å²) in [6.07, 6.45) is 4.83. The molecule has 0 aromatic carbocycles. The summed E-state index contributed by atoms with van der Waals surface area (Å²) in [6.45, 7) is 5.06. The van der Waals surface area contributed by atoms with Crippen LogP contribution in [0.25, 0.3) is 0 Å². The fraction of sp³-hybridized carbons (Fsp3) is 0.867. The van der Waals surface area contributed by atoms with Crippen molar-refractivity contribution in [1.29, 1.82) is 0 Å². The molecule has 0 bridgehead atoms. The molecule has 1 rings (SSSR count). The van der Waals surface area contributed by atoms with Crippen LogP contribution < -0.4 is 5.73 Å². The Bertz CT molecular complexity index is 331. The number of nitrogens with zero attached hydrogens (tertiary/aromatic N) is 1. The summed E-state index contributed by atoms with van der Waals surface area (Å²) >= 11 is 0. The second-order valence-electron chi connectivity index (χ2n) is 6.01. The molecule has 3 N–H and O–H groups in total. The van der Waals surface area contributed by atoms with E-state index in [1.807, 2.05) is 18.7 Å². The van der Waals surface area contributed by atoms with Gasteiger partial charge in [-0.15, -0.1) is 0 Å². The molecule has 5 heteroatoms. The minimum atomic E-state index is -0.807. The maximum atomic E-state index is 12.7. The summed E-state index contributed by atoms with van der Waals surface area (Å²) in [6, 6.07) is 0.108. The average molecular weight is 284 g/mol. The summed E-state index contributed by atoms with van der Waals surface area (Å²) in [5.74, 6) is -0.322. The molecule has 2 atom stereocenters. The predicted octanol–water partition coefficient (Wildman–Crippen LogP) is 1.85. The number of carboxylic acid groups (broad SMARTS) is 1. The van der Waals surface area contributed by atoms with Gasteiger partial charge in [-0.2, -0.15) is 0 Å². The maximum Gasteiger partial charge on any atom is 0.303 e. The summed E-state index contributed by atoms with van der Waals surface area (Å²) in [4.78, 5) is 25.1. The Morgan fingerprint density at radius 3 is 2.50 bits per heavy atom. The highest BCUT2D eigenvalue weighted by Crippen LogP contribution is 2.31. The van der Waals surface area contributed by atoms with E-state index in [-0.39, 0.29) is 30.2 Å². The topological polar surface area (TPSA) is 83.6 Å². The van der Waals surface area contributed by atoms with Crippen LogP contribution in [-0.2, 0) is 9.59 Å². The van der Waals surface area contributed by atoms with Crippen molar-refractivity contribution < 1.29 is 14.7 Å². The van der Waals surface area contributed by atoms with E-state index >= 15 is 0 Å². The molecule has 1 aliphatic rings. The Morgan fingerprint density at radius 2 is 1.95 bits per heavy atom. The van der Waals surface area contributed by atoms with Crippen LogP contribution in [0.4, 0.5) is 0 Å². The summed E-state index contributed by atoms with van der Waals surface area (Å²) in [7, 11) is 0. The van der Waals surface area contributed by atoms with E-state index in [1.165, 1.54) is 0 Å². The van der Waals surface area contributed by atoms with Crippen LogP contribution in [0, 0.1) is 11.8 Å². The number of rotatable bonds is 7. The van der Waals surface area contributed by atoms with Crippen LogP contribution in [0.5, 0.6) is 0 Å². The highest BCUT2D eigenvalue weighted by Gasteiger charge is 2.33. The Hall–Kier alpha value is -1.10. The molecule has 1 fully saturated rings. The van der Waals surface area contributed by atoms with Gasteiger partial charge in [0.1, 0.15) is 0 Å². The van der Waals surface area contributed by atoms with Gasteiger partial charge < -0.3 is 15.7 Å². The first kappa shape index (κ1) is 17.0. The van der Waals surface area contributed by atoms with Gasteiger partial charge in [0.25, 0.3) is 0 Å². The molecule has 1 amide bonds. The molecule has 0 heterocycles. The molecule has 0 aliphatic heterocycles. The molecule has 0 spiro atoms. The van der Waals surface area contributed by atoms with Crippen molar-refractivity contribution in [2.24, 2.45) is 17.6 Å². The Labute approximate surface area is 121 Å². The number of hydrogen-bond acceptors (Lipinski definition) is 3. The molecule has 0 aromatic heterocycles. The predicted molar refractivity (Wildman–Crippen MR) is 78.2 cm³/mol. The first-order chi connectivity index (χ1) is 9.47. The Morgan fingerprint density at radius 1 is 1.30 bits per heavy atom.